The van der Waals surface area contributed by atoms with Crippen molar-refractivity contribution in [3.05, 3.63) is 24.0 Å². The first-order valence-electron chi connectivity index (χ1n) is 5.28. The number of aromatic amines is 1. The molecule has 1 aromatic rings. The van der Waals surface area contributed by atoms with Gasteiger partial charge in [0.15, 0.2) is 0 Å². The van der Waals surface area contributed by atoms with Crippen molar-refractivity contribution in [2.75, 3.05) is 0 Å². The Kier molecular flexibility index (Phi) is 3.50. The number of hydrogen-bond acceptors (Lipinski definition) is 1. The maximum Gasteiger partial charge on any atom is 0.0562 e. The largest absolute Gasteiger partial charge is 0.281 e. The summed E-state index contributed by atoms with van der Waals surface area (Å²) < 4.78 is 0. The maximum atomic E-state index is 4.07. The Bertz CT molecular complexity index is 297. The van der Waals surface area contributed by atoms with Crippen LogP contribution in [-0.4, -0.2) is 10.2 Å². The van der Waals surface area contributed by atoms with Gasteiger partial charge in [-0.05, 0) is 6.42 Å². The Morgan fingerprint density at radius 1 is 1.57 bits per heavy atom. The Morgan fingerprint density at radius 3 is 2.86 bits per heavy atom. The fraction of sp³-hybridized carbons (Fsp3) is 0.583. The van der Waals surface area contributed by atoms with Gasteiger partial charge in [0, 0.05) is 16.7 Å². The molecule has 0 radical (unpaired) electrons. The van der Waals surface area contributed by atoms with Crippen molar-refractivity contribution in [3.8, 4) is 0 Å². The Balaban J connectivity index is 2.85. The molecule has 0 aliphatic rings. The van der Waals surface area contributed by atoms with Crippen LogP contribution in [0.5, 0.6) is 0 Å². The zero-order valence-electron chi connectivity index (χ0n) is 9.43. The normalized spacial score (nSPS) is 11.6. The van der Waals surface area contributed by atoms with E-state index in [1.807, 2.05) is 12.3 Å². The van der Waals surface area contributed by atoms with Crippen LogP contribution in [0, 0.1) is 0 Å². The number of H-pyrrole nitrogens is 1. The van der Waals surface area contributed by atoms with E-state index in [4.69, 9.17) is 0 Å². The van der Waals surface area contributed by atoms with Crippen LogP contribution in [0.3, 0.4) is 0 Å². The summed E-state index contributed by atoms with van der Waals surface area (Å²) in [5, 5.41) is 7.16. The van der Waals surface area contributed by atoms with Crippen molar-refractivity contribution in [1.82, 2.24) is 10.2 Å². The Hall–Kier alpha value is -1.05. The molecule has 1 aromatic heterocycles. The van der Waals surface area contributed by atoms with Gasteiger partial charge in [0.05, 0.1) is 6.20 Å². The van der Waals surface area contributed by atoms with Crippen molar-refractivity contribution in [1.29, 1.82) is 0 Å². The number of aromatic nitrogens is 2. The average molecular weight is 192 g/mol. The Labute approximate surface area is 86.4 Å². The van der Waals surface area contributed by atoms with Crippen molar-refractivity contribution in [2.24, 2.45) is 0 Å². The van der Waals surface area contributed by atoms with Gasteiger partial charge in [0.25, 0.3) is 0 Å². The van der Waals surface area contributed by atoms with Crippen molar-refractivity contribution in [3.63, 3.8) is 0 Å². The lowest BCUT2D eigenvalue weighted by molar-refractivity contribution is 0.444. The van der Waals surface area contributed by atoms with E-state index in [0.29, 0.717) is 0 Å². The van der Waals surface area contributed by atoms with Gasteiger partial charge in [-0.15, -0.1) is 0 Å². The van der Waals surface area contributed by atoms with Gasteiger partial charge in [-0.3, -0.25) is 5.10 Å². The van der Waals surface area contributed by atoms with Gasteiger partial charge in [-0.2, -0.15) is 5.10 Å². The summed E-state index contributed by atoms with van der Waals surface area (Å²) >= 11 is 0. The van der Waals surface area contributed by atoms with Gasteiger partial charge >= 0.3 is 0 Å². The fourth-order valence-corrected chi connectivity index (χ4v) is 1.74. The average Bonchev–Trinajstić information content (AvgIpc) is 2.63. The zero-order chi connectivity index (χ0) is 10.6. The van der Waals surface area contributed by atoms with E-state index in [2.05, 4.69) is 37.5 Å². The van der Waals surface area contributed by atoms with Gasteiger partial charge < -0.3 is 0 Å². The minimum absolute atomic E-state index is 0.177. The molecule has 14 heavy (non-hydrogen) atoms. The van der Waals surface area contributed by atoms with Crippen molar-refractivity contribution in [2.45, 2.75) is 45.4 Å². The molecule has 0 spiro atoms. The third kappa shape index (κ3) is 2.25. The molecule has 0 atom stereocenters. The van der Waals surface area contributed by atoms with Crippen LogP contribution in [0.1, 0.15) is 51.3 Å². The number of hydrogen-bond donors (Lipinski definition) is 1. The minimum Gasteiger partial charge on any atom is -0.281 e. The molecule has 2 nitrogen and oxygen atoms in total. The van der Waals surface area contributed by atoms with E-state index < -0.39 is 0 Å². The van der Waals surface area contributed by atoms with Gasteiger partial charge in [-0.1, -0.05) is 46.3 Å². The van der Waals surface area contributed by atoms with E-state index in [-0.39, 0.29) is 5.41 Å². The van der Waals surface area contributed by atoms with E-state index in [1.165, 1.54) is 25.0 Å². The van der Waals surface area contributed by atoms with Crippen LogP contribution in [0.25, 0.3) is 6.08 Å². The summed E-state index contributed by atoms with van der Waals surface area (Å²) in [4.78, 5) is 0. The lowest BCUT2D eigenvalue weighted by Gasteiger charge is -2.23. The summed E-state index contributed by atoms with van der Waals surface area (Å²) in [6.45, 7) is 10.5. The molecular formula is C12H20N2. The molecular weight excluding hydrogens is 172 g/mol. The first kappa shape index (κ1) is 11.0. The lowest BCUT2D eigenvalue weighted by atomic mass is 9.82. The maximum absolute atomic E-state index is 4.07. The highest BCUT2D eigenvalue weighted by atomic mass is 15.1. The highest BCUT2D eigenvalue weighted by Gasteiger charge is 2.23. The number of unbranched alkanes of at least 4 members (excludes halogenated alkanes) is 1. The topological polar surface area (TPSA) is 28.7 Å². The molecule has 0 fully saturated rings. The van der Waals surface area contributed by atoms with E-state index in [0.717, 1.165) is 5.56 Å². The van der Waals surface area contributed by atoms with E-state index >= 15 is 0 Å². The van der Waals surface area contributed by atoms with Crippen LogP contribution in [-0.2, 0) is 5.41 Å². The quantitative estimate of drug-likeness (QED) is 0.759. The molecule has 1 rings (SSSR count). The molecule has 2 heteroatoms. The molecule has 78 valence electrons. The standard InChI is InChI=1S/C12H20N2/c1-5-7-8-12(3,4)11-10(6-2)9-13-14-11/h6,9H,2,5,7-8H2,1,3-4H3,(H,13,14). The summed E-state index contributed by atoms with van der Waals surface area (Å²) in [6, 6.07) is 0. The first-order chi connectivity index (χ1) is 6.61. The van der Waals surface area contributed by atoms with Gasteiger partial charge in [0.1, 0.15) is 0 Å². The lowest BCUT2D eigenvalue weighted by Crippen LogP contribution is -2.18. The van der Waals surface area contributed by atoms with Gasteiger partial charge in [-0.25, -0.2) is 0 Å². The van der Waals surface area contributed by atoms with E-state index in [9.17, 15) is 0 Å². The molecule has 0 aromatic carbocycles. The predicted octanol–water partition coefficient (Wildman–Crippen LogP) is 3.52. The molecule has 1 N–H and O–H groups in total. The van der Waals surface area contributed by atoms with Crippen LogP contribution < -0.4 is 0 Å². The number of nitrogens with one attached hydrogen (secondary N) is 1. The molecule has 0 unspecified atom stereocenters. The fourth-order valence-electron chi connectivity index (χ4n) is 1.74. The molecule has 0 bridgehead atoms. The van der Waals surface area contributed by atoms with Gasteiger partial charge in [0.2, 0.25) is 0 Å². The summed E-state index contributed by atoms with van der Waals surface area (Å²) in [5.74, 6) is 0. The molecule has 0 saturated heterocycles. The highest BCUT2D eigenvalue weighted by Crippen LogP contribution is 2.30. The second-order valence-corrected chi connectivity index (χ2v) is 4.39. The molecule has 0 aliphatic carbocycles. The molecule has 0 aliphatic heterocycles. The second-order valence-electron chi connectivity index (χ2n) is 4.39. The van der Waals surface area contributed by atoms with Crippen LogP contribution >= 0.6 is 0 Å². The number of nitrogens with zero attached hydrogens (tertiary/aromatic N) is 1. The highest BCUT2D eigenvalue weighted by molar-refractivity contribution is 5.50. The summed E-state index contributed by atoms with van der Waals surface area (Å²) in [7, 11) is 0. The monoisotopic (exact) mass is 192 g/mol. The van der Waals surface area contributed by atoms with Crippen molar-refractivity contribution >= 4 is 6.08 Å². The third-order valence-electron chi connectivity index (χ3n) is 2.72. The first-order valence-corrected chi connectivity index (χ1v) is 5.28. The third-order valence-corrected chi connectivity index (χ3v) is 2.72. The Morgan fingerprint density at radius 2 is 2.29 bits per heavy atom. The second kappa shape index (κ2) is 4.45. The summed E-state index contributed by atoms with van der Waals surface area (Å²) in [6.07, 6.45) is 7.39. The molecule has 0 saturated carbocycles. The van der Waals surface area contributed by atoms with Crippen LogP contribution in [0.2, 0.25) is 0 Å². The SMILES string of the molecule is C=Cc1cn[nH]c1C(C)(C)CCCC. The predicted molar refractivity (Wildman–Crippen MR) is 61.2 cm³/mol. The number of rotatable bonds is 5. The minimum atomic E-state index is 0.177. The van der Waals surface area contributed by atoms with Crippen molar-refractivity contribution < 1.29 is 0 Å². The van der Waals surface area contributed by atoms with E-state index in [1.54, 1.807) is 0 Å². The molecule has 0 amide bonds. The molecule has 1 heterocycles. The van der Waals surface area contributed by atoms with Crippen LogP contribution in [0.15, 0.2) is 12.8 Å². The van der Waals surface area contributed by atoms with Crippen LogP contribution in [0.4, 0.5) is 0 Å². The summed E-state index contributed by atoms with van der Waals surface area (Å²) in [5.41, 5.74) is 2.52. The smallest absolute Gasteiger partial charge is 0.0562 e. The zero-order valence-corrected chi connectivity index (χ0v) is 9.43.